The van der Waals surface area contributed by atoms with E-state index in [0.717, 1.165) is 6.42 Å². The molecule has 0 radical (unpaired) electrons. The molecular formula is C24H23Cl3N2O3. The maximum absolute atomic E-state index is 13.6. The van der Waals surface area contributed by atoms with Crippen molar-refractivity contribution in [2.24, 2.45) is 21.4 Å². The number of nitrogens with one attached hydrogen (secondary N) is 1. The predicted molar refractivity (Wildman–Crippen MR) is 128 cm³/mol. The Hall–Kier alpha value is -2.08. The molecule has 2 unspecified atom stereocenters. The molecule has 1 N–H and O–H groups in total. The Bertz CT molecular complexity index is 1110. The third kappa shape index (κ3) is 3.42. The molecule has 5 nitrogen and oxygen atoms in total. The highest BCUT2D eigenvalue weighted by Gasteiger charge is 2.71. The Kier molecular flexibility index (Phi) is 5.81. The molecule has 8 heteroatoms. The number of nitrogens with zero attached hydrogens (tertiary/aromatic N) is 1. The highest BCUT2D eigenvalue weighted by Crippen LogP contribution is 2.71. The van der Waals surface area contributed by atoms with Crippen LogP contribution in [0.25, 0.3) is 0 Å². The minimum Gasteiger partial charge on any atom is -0.323 e. The first-order valence-electron chi connectivity index (χ1n) is 10.3. The lowest BCUT2D eigenvalue weighted by Crippen LogP contribution is -2.43. The van der Waals surface area contributed by atoms with Gasteiger partial charge in [0.05, 0.1) is 32.4 Å². The van der Waals surface area contributed by atoms with Gasteiger partial charge in [-0.15, -0.1) is 0 Å². The summed E-state index contributed by atoms with van der Waals surface area (Å²) in [6.07, 6.45) is 1.83. The Morgan fingerprint density at radius 1 is 0.969 bits per heavy atom. The van der Waals surface area contributed by atoms with E-state index in [1.165, 1.54) is 0 Å². The summed E-state index contributed by atoms with van der Waals surface area (Å²) >= 11 is 18.4. The van der Waals surface area contributed by atoms with Crippen LogP contribution in [-0.4, -0.2) is 17.6 Å². The fourth-order valence-electron chi connectivity index (χ4n) is 5.11. The number of carbonyl (C=O) groups excluding carboxylic acids is 2. The van der Waals surface area contributed by atoms with Crippen LogP contribution in [0, 0.1) is 16.2 Å². The first-order chi connectivity index (χ1) is 15.0. The number of amides is 1. The number of anilines is 1. The lowest BCUT2D eigenvalue weighted by molar-refractivity contribution is -0.130. The van der Waals surface area contributed by atoms with Crippen molar-refractivity contribution >= 4 is 58.1 Å². The van der Waals surface area contributed by atoms with Gasteiger partial charge in [0.25, 0.3) is 0 Å². The van der Waals surface area contributed by atoms with Crippen LogP contribution in [0.2, 0.25) is 15.1 Å². The fourth-order valence-corrected chi connectivity index (χ4v) is 5.73. The number of rotatable bonds is 4. The van der Waals surface area contributed by atoms with Crippen LogP contribution < -0.4 is 5.32 Å². The normalized spacial score (nSPS) is 26.9. The molecule has 168 valence electrons. The van der Waals surface area contributed by atoms with Gasteiger partial charge >= 0.3 is 5.97 Å². The number of hydrogen-bond donors (Lipinski definition) is 1. The summed E-state index contributed by atoms with van der Waals surface area (Å²) in [6, 6.07) is 11.5. The number of carbonyl (C=O) groups is 2. The Morgan fingerprint density at radius 3 is 2.22 bits per heavy atom. The monoisotopic (exact) mass is 492 g/mol. The minimum absolute atomic E-state index is 0.157. The summed E-state index contributed by atoms with van der Waals surface area (Å²) in [5, 5.41) is 8.48. The summed E-state index contributed by atoms with van der Waals surface area (Å²) in [5.74, 6) is -0.727. The molecule has 2 aliphatic carbocycles. The Labute approximate surface area is 202 Å². The van der Waals surface area contributed by atoms with Crippen LogP contribution >= 0.6 is 34.8 Å². The summed E-state index contributed by atoms with van der Waals surface area (Å²) < 4.78 is 0. The van der Waals surface area contributed by atoms with Gasteiger partial charge in [0.15, 0.2) is 0 Å². The quantitative estimate of drug-likeness (QED) is 0.368. The van der Waals surface area contributed by atoms with Gasteiger partial charge in [0.1, 0.15) is 0 Å². The number of hydrogen-bond acceptors (Lipinski definition) is 4. The highest BCUT2D eigenvalue weighted by atomic mass is 35.5. The van der Waals surface area contributed by atoms with Crippen LogP contribution in [0.1, 0.15) is 50.4 Å². The topological polar surface area (TPSA) is 67.8 Å². The molecule has 0 aliphatic heterocycles. The average Bonchev–Trinajstić information content (AvgIpc) is 3.05. The van der Waals surface area contributed by atoms with Gasteiger partial charge in [0, 0.05) is 16.9 Å². The molecular weight excluding hydrogens is 471 g/mol. The molecule has 32 heavy (non-hydrogen) atoms. The van der Waals surface area contributed by atoms with Gasteiger partial charge in [-0.05, 0) is 54.7 Å². The zero-order valence-electron chi connectivity index (χ0n) is 18.0. The fraction of sp³-hybridized carbons (Fsp3) is 0.375. The van der Waals surface area contributed by atoms with Crippen molar-refractivity contribution in [3.05, 3.63) is 63.1 Å². The molecule has 2 aromatic carbocycles. The largest absolute Gasteiger partial charge is 0.365 e. The summed E-state index contributed by atoms with van der Waals surface area (Å²) in [5.41, 5.74) is -0.0867. The van der Waals surface area contributed by atoms with Crippen molar-refractivity contribution in [3.63, 3.8) is 0 Å². The molecule has 2 aliphatic rings. The van der Waals surface area contributed by atoms with E-state index < -0.39 is 22.2 Å². The molecule has 0 aromatic heterocycles. The van der Waals surface area contributed by atoms with E-state index in [1.54, 1.807) is 42.5 Å². The second kappa shape index (κ2) is 8.05. The first-order valence-corrected chi connectivity index (χ1v) is 11.4. The van der Waals surface area contributed by atoms with E-state index in [0.29, 0.717) is 44.9 Å². The third-order valence-corrected chi connectivity index (χ3v) is 8.57. The molecule has 0 spiro atoms. The van der Waals surface area contributed by atoms with Crippen molar-refractivity contribution in [2.45, 2.75) is 40.0 Å². The van der Waals surface area contributed by atoms with E-state index in [-0.39, 0.29) is 5.91 Å². The average molecular weight is 494 g/mol. The van der Waals surface area contributed by atoms with Crippen LogP contribution in [0.15, 0.2) is 47.6 Å². The summed E-state index contributed by atoms with van der Waals surface area (Å²) in [7, 11) is 0. The van der Waals surface area contributed by atoms with E-state index in [4.69, 9.17) is 39.6 Å². The standard InChI is InChI=1S/C24H23Cl3N2O3/c1-22(2)23(3)11-12-24(22,21(31)28-19-16(26)5-4-6-17(19)27)13-18(23)29-32-20(30)14-7-9-15(25)10-8-14/h4-10H,11-13H2,1-3H3,(H,28,31)/b29-18+. The Balaban J connectivity index is 1.61. The zero-order valence-corrected chi connectivity index (χ0v) is 20.2. The van der Waals surface area contributed by atoms with Gasteiger partial charge in [-0.2, -0.15) is 0 Å². The summed E-state index contributed by atoms with van der Waals surface area (Å²) in [6.45, 7) is 6.21. The maximum atomic E-state index is 13.6. The molecule has 2 bridgehead atoms. The number of para-hydroxylation sites is 1. The van der Waals surface area contributed by atoms with Gasteiger partial charge in [-0.25, -0.2) is 4.79 Å². The SMILES string of the molecule is CC12CCC(C(=O)Nc3c(Cl)cccc3Cl)(C/C1=N\OC(=O)c1ccc(Cl)cc1)C2(C)C. The van der Waals surface area contributed by atoms with E-state index in [1.807, 2.05) is 0 Å². The first kappa shape index (κ1) is 23.1. The van der Waals surface area contributed by atoms with Crippen molar-refractivity contribution in [3.8, 4) is 0 Å². The number of benzene rings is 2. The minimum atomic E-state index is -0.726. The van der Waals surface area contributed by atoms with Crippen molar-refractivity contribution in [1.82, 2.24) is 0 Å². The van der Waals surface area contributed by atoms with Crippen LogP contribution in [0.5, 0.6) is 0 Å². The lowest BCUT2D eigenvalue weighted by atomic mass is 9.64. The number of fused-ring (bicyclic) bond motifs is 2. The van der Waals surface area contributed by atoms with Crippen LogP contribution in [-0.2, 0) is 9.63 Å². The van der Waals surface area contributed by atoms with Crippen molar-refractivity contribution in [2.75, 3.05) is 5.32 Å². The molecule has 2 aromatic rings. The van der Waals surface area contributed by atoms with Gasteiger partial charge < -0.3 is 10.2 Å². The van der Waals surface area contributed by atoms with Gasteiger partial charge in [0.2, 0.25) is 5.91 Å². The molecule has 2 fully saturated rings. The zero-order chi connectivity index (χ0) is 23.3. The second-order valence-electron chi connectivity index (χ2n) is 9.19. The molecule has 2 saturated carbocycles. The predicted octanol–water partition coefficient (Wildman–Crippen LogP) is 7.01. The lowest BCUT2D eigenvalue weighted by Gasteiger charge is -2.39. The molecule has 4 rings (SSSR count). The van der Waals surface area contributed by atoms with Crippen LogP contribution in [0.4, 0.5) is 5.69 Å². The molecule has 2 atom stereocenters. The second-order valence-corrected chi connectivity index (χ2v) is 10.4. The summed E-state index contributed by atoms with van der Waals surface area (Å²) in [4.78, 5) is 31.3. The van der Waals surface area contributed by atoms with Crippen LogP contribution in [0.3, 0.4) is 0 Å². The van der Waals surface area contributed by atoms with E-state index in [2.05, 4.69) is 31.2 Å². The molecule has 1 amide bonds. The number of oxime groups is 1. The van der Waals surface area contributed by atoms with Crippen molar-refractivity contribution in [1.29, 1.82) is 0 Å². The smallest absolute Gasteiger partial charge is 0.323 e. The maximum Gasteiger partial charge on any atom is 0.365 e. The number of halogens is 3. The van der Waals surface area contributed by atoms with E-state index >= 15 is 0 Å². The third-order valence-electron chi connectivity index (χ3n) is 7.69. The van der Waals surface area contributed by atoms with Gasteiger partial charge in [-0.3, -0.25) is 4.79 Å². The van der Waals surface area contributed by atoms with E-state index in [9.17, 15) is 9.59 Å². The highest BCUT2D eigenvalue weighted by molar-refractivity contribution is 6.39. The Morgan fingerprint density at radius 2 is 1.59 bits per heavy atom. The van der Waals surface area contributed by atoms with Crippen molar-refractivity contribution < 1.29 is 14.4 Å². The molecule has 0 heterocycles. The molecule has 0 saturated heterocycles. The van der Waals surface area contributed by atoms with Gasteiger partial charge in [-0.1, -0.05) is 66.8 Å².